The molecule has 0 saturated carbocycles. The minimum atomic E-state index is -4.20. The lowest BCUT2D eigenvalue weighted by Gasteiger charge is -2.29. The van der Waals surface area contributed by atoms with E-state index < -0.39 is 34.7 Å². The average molecular weight is 317 g/mol. The van der Waals surface area contributed by atoms with Crippen molar-refractivity contribution < 1.29 is 22.8 Å². The SMILES string of the molecule is CC(CCO)CC(CCC(F)(F)F)N[S+]([O-])C(C)(C)C. The predicted octanol–water partition coefficient (Wildman–Crippen LogP) is 3.16. The first-order valence-electron chi connectivity index (χ1n) is 6.81. The number of nitrogens with one attached hydrogen (secondary N) is 1. The molecule has 122 valence electrons. The Morgan fingerprint density at radius 3 is 2.15 bits per heavy atom. The minimum Gasteiger partial charge on any atom is -0.598 e. The zero-order valence-corrected chi connectivity index (χ0v) is 13.4. The van der Waals surface area contributed by atoms with E-state index >= 15 is 0 Å². The van der Waals surface area contributed by atoms with Crippen molar-refractivity contribution in [2.75, 3.05) is 6.61 Å². The molecule has 0 aromatic rings. The number of alkyl halides is 3. The Balaban J connectivity index is 4.53. The first-order chi connectivity index (χ1) is 8.95. The van der Waals surface area contributed by atoms with Crippen LogP contribution in [0.4, 0.5) is 13.2 Å². The van der Waals surface area contributed by atoms with Crippen LogP contribution in [0.1, 0.15) is 53.4 Å². The third-order valence-electron chi connectivity index (χ3n) is 2.91. The van der Waals surface area contributed by atoms with Crippen molar-refractivity contribution >= 4 is 11.4 Å². The lowest BCUT2D eigenvalue weighted by molar-refractivity contribution is -0.136. The minimum absolute atomic E-state index is 0.00944. The molecule has 0 heterocycles. The lowest BCUT2D eigenvalue weighted by Crippen LogP contribution is -2.45. The number of aliphatic hydroxyl groups is 1. The van der Waals surface area contributed by atoms with Crippen LogP contribution in [0.5, 0.6) is 0 Å². The molecule has 0 amide bonds. The maximum Gasteiger partial charge on any atom is 0.389 e. The number of aliphatic hydroxyl groups excluding tert-OH is 1. The second-order valence-electron chi connectivity index (χ2n) is 6.20. The summed E-state index contributed by atoms with van der Waals surface area (Å²) in [4.78, 5) is 0. The van der Waals surface area contributed by atoms with E-state index in [2.05, 4.69) is 4.72 Å². The number of halogens is 3. The van der Waals surface area contributed by atoms with E-state index in [1.54, 1.807) is 20.8 Å². The van der Waals surface area contributed by atoms with Crippen molar-refractivity contribution in [1.29, 1.82) is 0 Å². The highest BCUT2D eigenvalue weighted by atomic mass is 32.2. The van der Waals surface area contributed by atoms with E-state index in [0.717, 1.165) is 0 Å². The first-order valence-corrected chi connectivity index (χ1v) is 7.96. The zero-order chi connectivity index (χ0) is 16.0. The molecule has 0 fully saturated rings. The van der Waals surface area contributed by atoms with Gasteiger partial charge < -0.3 is 9.66 Å². The van der Waals surface area contributed by atoms with Gasteiger partial charge in [0.05, 0.1) is 6.04 Å². The smallest absolute Gasteiger partial charge is 0.389 e. The van der Waals surface area contributed by atoms with E-state index in [9.17, 15) is 17.7 Å². The second kappa shape index (κ2) is 8.46. The van der Waals surface area contributed by atoms with Crippen LogP contribution < -0.4 is 4.72 Å². The Bertz CT molecular complexity index is 269. The van der Waals surface area contributed by atoms with E-state index in [4.69, 9.17) is 5.11 Å². The number of hydrogen-bond donors (Lipinski definition) is 2. The standard InChI is InChI=1S/C13H26F3NO2S/c1-10(6-8-18)9-11(5-7-13(14,15)16)17-20(19)12(2,3)4/h10-11,17-18H,5-9H2,1-4H3. The summed E-state index contributed by atoms with van der Waals surface area (Å²) < 4.78 is 51.3. The van der Waals surface area contributed by atoms with Gasteiger partial charge in [0.2, 0.25) is 0 Å². The van der Waals surface area contributed by atoms with Gasteiger partial charge in [-0.1, -0.05) is 6.92 Å². The summed E-state index contributed by atoms with van der Waals surface area (Å²) in [5, 5.41) is 8.86. The van der Waals surface area contributed by atoms with E-state index in [1.807, 2.05) is 6.92 Å². The number of rotatable bonds is 8. The Morgan fingerprint density at radius 1 is 1.20 bits per heavy atom. The van der Waals surface area contributed by atoms with Crippen molar-refractivity contribution in [3.63, 3.8) is 0 Å². The molecule has 0 aromatic heterocycles. The van der Waals surface area contributed by atoms with Gasteiger partial charge in [-0.05, 0) is 46.0 Å². The van der Waals surface area contributed by atoms with Gasteiger partial charge in [0.25, 0.3) is 0 Å². The fraction of sp³-hybridized carbons (Fsp3) is 1.00. The Kier molecular flexibility index (Phi) is 8.47. The summed E-state index contributed by atoms with van der Waals surface area (Å²) >= 11 is -1.40. The van der Waals surface area contributed by atoms with Crippen LogP contribution in [0.15, 0.2) is 0 Å². The van der Waals surface area contributed by atoms with Crippen LogP contribution in [0.25, 0.3) is 0 Å². The van der Waals surface area contributed by atoms with Gasteiger partial charge in [0, 0.05) is 24.4 Å². The normalized spacial score (nSPS) is 17.9. The molecule has 0 aliphatic heterocycles. The first kappa shape index (κ1) is 20.0. The molecule has 20 heavy (non-hydrogen) atoms. The fourth-order valence-corrected chi connectivity index (χ4v) is 2.59. The van der Waals surface area contributed by atoms with E-state index in [-0.39, 0.29) is 18.9 Å². The summed E-state index contributed by atoms with van der Waals surface area (Å²) in [5.41, 5.74) is 0. The summed E-state index contributed by atoms with van der Waals surface area (Å²) in [5.74, 6) is 0.0858. The average Bonchev–Trinajstić information content (AvgIpc) is 2.23. The molecule has 0 rings (SSSR count). The molecular formula is C13H26F3NO2S. The zero-order valence-electron chi connectivity index (χ0n) is 12.6. The van der Waals surface area contributed by atoms with Crippen LogP contribution in [0, 0.1) is 5.92 Å². The monoisotopic (exact) mass is 317 g/mol. The highest BCUT2D eigenvalue weighted by molar-refractivity contribution is 7.90. The van der Waals surface area contributed by atoms with Gasteiger partial charge in [0.1, 0.15) is 4.75 Å². The highest BCUT2D eigenvalue weighted by Gasteiger charge is 2.33. The van der Waals surface area contributed by atoms with Gasteiger partial charge in [-0.2, -0.15) is 13.2 Å². The van der Waals surface area contributed by atoms with Crippen molar-refractivity contribution in [2.45, 2.75) is 70.3 Å². The molecular weight excluding hydrogens is 291 g/mol. The fourth-order valence-electron chi connectivity index (χ4n) is 1.71. The maximum atomic E-state index is 12.3. The molecule has 0 spiro atoms. The van der Waals surface area contributed by atoms with Gasteiger partial charge in [-0.3, -0.25) is 0 Å². The van der Waals surface area contributed by atoms with Gasteiger partial charge in [-0.25, -0.2) is 0 Å². The molecule has 3 unspecified atom stereocenters. The highest BCUT2D eigenvalue weighted by Crippen LogP contribution is 2.25. The summed E-state index contributed by atoms with van der Waals surface area (Å²) in [6, 6.07) is -0.460. The second-order valence-corrected chi connectivity index (χ2v) is 8.20. The van der Waals surface area contributed by atoms with Gasteiger partial charge >= 0.3 is 6.18 Å². The Labute approximate surface area is 122 Å². The molecule has 0 radical (unpaired) electrons. The quantitative estimate of drug-likeness (QED) is 0.676. The summed E-state index contributed by atoms with van der Waals surface area (Å²) in [7, 11) is 0. The largest absolute Gasteiger partial charge is 0.598 e. The van der Waals surface area contributed by atoms with Crippen LogP contribution in [0.2, 0.25) is 0 Å². The van der Waals surface area contributed by atoms with Crippen molar-refractivity contribution in [1.82, 2.24) is 4.72 Å². The van der Waals surface area contributed by atoms with Crippen LogP contribution in [0.3, 0.4) is 0 Å². The molecule has 0 aliphatic rings. The summed E-state index contributed by atoms with van der Waals surface area (Å²) in [6.45, 7) is 7.20. The summed E-state index contributed by atoms with van der Waals surface area (Å²) in [6.07, 6.45) is -4.19. The third kappa shape index (κ3) is 9.85. The molecule has 3 atom stereocenters. The van der Waals surface area contributed by atoms with Crippen molar-refractivity contribution in [3.05, 3.63) is 0 Å². The van der Waals surface area contributed by atoms with Crippen molar-refractivity contribution in [2.24, 2.45) is 5.92 Å². The van der Waals surface area contributed by atoms with E-state index in [0.29, 0.717) is 12.8 Å². The van der Waals surface area contributed by atoms with Gasteiger partial charge in [0.15, 0.2) is 0 Å². The molecule has 0 saturated heterocycles. The topological polar surface area (TPSA) is 55.3 Å². The Hall–Kier alpha value is 0.0200. The Morgan fingerprint density at radius 2 is 1.75 bits per heavy atom. The molecule has 2 N–H and O–H groups in total. The van der Waals surface area contributed by atoms with Crippen LogP contribution in [-0.2, 0) is 11.4 Å². The van der Waals surface area contributed by atoms with Gasteiger partial charge in [-0.15, -0.1) is 4.72 Å². The lowest BCUT2D eigenvalue weighted by atomic mass is 9.96. The van der Waals surface area contributed by atoms with Crippen LogP contribution >= 0.6 is 0 Å². The molecule has 3 nitrogen and oxygen atoms in total. The molecule has 0 aliphatic carbocycles. The molecule has 7 heteroatoms. The maximum absolute atomic E-state index is 12.3. The van der Waals surface area contributed by atoms with E-state index in [1.165, 1.54) is 0 Å². The van der Waals surface area contributed by atoms with Crippen LogP contribution in [-0.4, -0.2) is 33.2 Å². The number of hydrogen-bond acceptors (Lipinski definition) is 3. The molecule has 0 bridgehead atoms. The van der Waals surface area contributed by atoms with Crippen molar-refractivity contribution in [3.8, 4) is 0 Å². The molecule has 0 aromatic carbocycles. The predicted molar refractivity (Wildman–Crippen MR) is 75.6 cm³/mol. The third-order valence-corrected chi connectivity index (χ3v) is 4.57.